The molecule has 0 aromatic carbocycles. The second-order valence-electron chi connectivity index (χ2n) is 3.85. The number of rotatable bonds is 5. The molecular formula is C11H23S+. The fourth-order valence-corrected chi connectivity index (χ4v) is 4.28. The summed E-state index contributed by atoms with van der Waals surface area (Å²) >= 11 is 0. The van der Waals surface area contributed by atoms with Crippen molar-refractivity contribution in [3.63, 3.8) is 0 Å². The molecule has 1 heterocycles. The molecular weight excluding hydrogens is 164 g/mol. The summed E-state index contributed by atoms with van der Waals surface area (Å²) in [5.41, 5.74) is 0. The van der Waals surface area contributed by atoms with Gasteiger partial charge < -0.3 is 0 Å². The monoisotopic (exact) mass is 187 g/mol. The van der Waals surface area contributed by atoms with Crippen molar-refractivity contribution in [3.05, 3.63) is 0 Å². The molecule has 0 bridgehead atoms. The minimum atomic E-state index is 0.852. The first-order valence-corrected chi connectivity index (χ1v) is 7.31. The lowest BCUT2D eigenvalue weighted by molar-refractivity contribution is 0.700. The summed E-state index contributed by atoms with van der Waals surface area (Å²) in [6.45, 7) is 2.29. The fourth-order valence-electron chi connectivity index (χ4n) is 1.83. The van der Waals surface area contributed by atoms with Gasteiger partial charge in [-0.25, -0.2) is 0 Å². The van der Waals surface area contributed by atoms with Crippen molar-refractivity contribution < 1.29 is 0 Å². The van der Waals surface area contributed by atoms with Crippen molar-refractivity contribution in [2.45, 2.75) is 51.9 Å². The summed E-state index contributed by atoms with van der Waals surface area (Å²) in [4.78, 5) is 0. The van der Waals surface area contributed by atoms with E-state index in [0.29, 0.717) is 0 Å². The van der Waals surface area contributed by atoms with Crippen molar-refractivity contribution >= 4 is 10.9 Å². The maximum absolute atomic E-state index is 2.29. The van der Waals surface area contributed by atoms with Crippen LogP contribution in [-0.4, -0.2) is 17.3 Å². The average molecular weight is 187 g/mol. The summed E-state index contributed by atoms with van der Waals surface area (Å²) < 4.78 is 0. The molecule has 1 aliphatic rings. The van der Waals surface area contributed by atoms with Crippen molar-refractivity contribution in [2.24, 2.45) is 0 Å². The molecule has 1 fully saturated rings. The molecule has 0 atom stereocenters. The van der Waals surface area contributed by atoms with Crippen LogP contribution >= 0.6 is 0 Å². The highest BCUT2D eigenvalue weighted by Gasteiger charge is 2.20. The molecule has 0 aromatic heterocycles. The third kappa shape index (κ3) is 4.39. The zero-order chi connectivity index (χ0) is 8.65. The van der Waals surface area contributed by atoms with Crippen LogP contribution in [0.5, 0.6) is 0 Å². The SMILES string of the molecule is CCCCCC[S+]1CCCCC1. The van der Waals surface area contributed by atoms with Gasteiger partial charge >= 0.3 is 0 Å². The second kappa shape index (κ2) is 6.82. The standard InChI is InChI=1S/C11H23S/c1-2-3-4-6-9-12-10-7-5-8-11-12/h2-11H2,1H3/q+1. The van der Waals surface area contributed by atoms with E-state index in [4.69, 9.17) is 0 Å². The molecule has 0 unspecified atom stereocenters. The van der Waals surface area contributed by atoms with Crippen LogP contribution in [0.25, 0.3) is 0 Å². The smallest absolute Gasteiger partial charge is 0.0654 e. The quantitative estimate of drug-likeness (QED) is 0.457. The Balaban J connectivity index is 1.91. The summed E-state index contributed by atoms with van der Waals surface area (Å²) in [7, 11) is 0.852. The Morgan fingerprint density at radius 2 is 1.67 bits per heavy atom. The highest BCUT2D eigenvalue weighted by atomic mass is 32.2. The van der Waals surface area contributed by atoms with E-state index in [-0.39, 0.29) is 0 Å². The maximum atomic E-state index is 2.29. The molecule has 0 aromatic rings. The summed E-state index contributed by atoms with van der Waals surface area (Å²) in [6, 6.07) is 0. The molecule has 0 saturated carbocycles. The van der Waals surface area contributed by atoms with Gasteiger partial charge in [0.05, 0.1) is 0 Å². The molecule has 0 spiro atoms. The van der Waals surface area contributed by atoms with E-state index in [0.717, 1.165) is 10.9 Å². The van der Waals surface area contributed by atoms with Gasteiger partial charge in [-0.2, -0.15) is 0 Å². The Labute approximate surface area is 80.5 Å². The van der Waals surface area contributed by atoms with Gasteiger partial charge in [0, 0.05) is 0 Å². The van der Waals surface area contributed by atoms with E-state index in [1.807, 2.05) is 0 Å². The van der Waals surface area contributed by atoms with Gasteiger partial charge in [-0.15, -0.1) is 0 Å². The van der Waals surface area contributed by atoms with E-state index >= 15 is 0 Å². The highest BCUT2D eigenvalue weighted by Crippen LogP contribution is 2.15. The Hall–Kier alpha value is 0.350. The van der Waals surface area contributed by atoms with Crippen LogP contribution < -0.4 is 0 Å². The van der Waals surface area contributed by atoms with Crippen molar-refractivity contribution in [2.75, 3.05) is 17.3 Å². The third-order valence-corrected chi connectivity index (χ3v) is 5.25. The summed E-state index contributed by atoms with van der Waals surface area (Å²) in [6.07, 6.45) is 10.4. The molecule has 1 aliphatic heterocycles. The van der Waals surface area contributed by atoms with E-state index in [1.54, 1.807) is 17.3 Å². The lowest BCUT2D eigenvalue weighted by Gasteiger charge is -2.13. The molecule has 0 aliphatic carbocycles. The van der Waals surface area contributed by atoms with Gasteiger partial charge in [0.1, 0.15) is 17.3 Å². The zero-order valence-corrected chi connectivity index (χ0v) is 9.30. The van der Waals surface area contributed by atoms with Crippen molar-refractivity contribution in [1.82, 2.24) is 0 Å². The van der Waals surface area contributed by atoms with Crippen LogP contribution in [0.2, 0.25) is 0 Å². The first-order valence-electron chi connectivity index (χ1n) is 5.57. The van der Waals surface area contributed by atoms with Gasteiger partial charge in [-0.1, -0.05) is 19.8 Å². The van der Waals surface area contributed by atoms with Crippen LogP contribution in [-0.2, 0) is 10.9 Å². The van der Waals surface area contributed by atoms with Crippen LogP contribution in [0, 0.1) is 0 Å². The number of hydrogen-bond donors (Lipinski definition) is 0. The Morgan fingerprint density at radius 1 is 0.917 bits per heavy atom. The predicted octanol–water partition coefficient (Wildman–Crippen LogP) is 3.37. The summed E-state index contributed by atoms with van der Waals surface area (Å²) in [5, 5.41) is 0. The van der Waals surface area contributed by atoms with E-state index < -0.39 is 0 Å². The Kier molecular flexibility index (Phi) is 5.93. The van der Waals surface area contributed by atoms with Gasteiger partial charge in [0.15, 0.2) is 0 Å². The first-order chi connectivity index (χ1) is 5.93. The van der Waals surface area contributed by atoms with Crippen molar-refractivity contribution in [1.29, 1.82) is 0 Å². The Bertz CT molecular complexity index is 95.2. The molecule has 1 heteroatoms. The summed E-state index contributed by atoms with van der Waals surface area (Å²) in [5.74, 6) is 4.68. The van der Waals surface area contributed by atoms with Crippen LogP contribution in [0.4, 0.5) is 0 Å². The number of unbranched alkanes of at least 4 members (excludes halogenated alkanes) is 3. The van der Waals surface area contributed by atoms with Crippen molar-refractivity contribution in [3.8, 4) is 0 Å². The lowest BCUT2D eigenvalue weighted by Crippen LogP contribution is -2.20. The predicted molar refractivity (Wildman–Crippen MR) is 60.0 cm³/mol. The molecule has 0 nitrogen and oxygen atoms in total. The molecule has 0 amide bonds. The van der Waals surface area contributed by atoms with Gasteiger partial charge in [0.2, 0.25) is 0 Å². The molecule has 0 radical (unpaired) electrons. The van der Waals surface area contributed by atoms with Gasteiger partial charge in [-0.3, -0.25) is 0 Å². The normalized spacial score (nSPS) is 19.8. The van der Waals surface area contributed by atoms with Crippen LogP contribution in [0.3, 0.4) is 0 Å². The largest absolute Gasteiger partial charge is 0.108 e. The molecule has 12 heavy (non-hydrogen) atoms. The zero-order valence-electron chi connectivity index (χ0n) is 8.48. The topological polar surface area (TPSA) is 0 Å². The van der Waals surface area contributed by atoms with Gasteiger partial charge in [0.25, 0.3) is 0 Å². The molecule has 72 valence electrons. The lowest BCUT2D eigenvalue weighted by atomic mass is 10.2. The van der Waals surface area contributed by atoms with E-state index in [2.05, 4.69) is 6.92 Å². The maximum Gasteiger partial charge on any atom is 0.108 e. The van der Waals surface area contributed by atoms with E-state index in [1.165, 1.54) is 44.9 Å². The minimum Gasteiger partial charge on any atom is -0.0654 e. The molecule has 0 N–H and O–H groups in total. The van der Waals surface area contributed by atoms with Crippen LogP contribution in [0.1, 0.15) is 51.9 Å². The van der Waals surface area contributed by atoms with Gasteiger partial charge in [-0.05, 0) is 43.0 Å². The Morgan fingerprint density at radius 3 is 2.33 bits per heavy atom. The van der Waals surface area contributed by atoms with E-state index in [9.17, 15) is 0 Å². The fraction of sp³-hybridized carbons (Fsp3) is 1.00. The number of hydrogen-bond acceptors (Lipinski definition) is 0. The second-order valence-corrected chi connectivity index (χ2v) is 6.30. The molecule has 1 saturated heterocycles. The average Bonchev–Trinajstić information content (AvgIpc) is 2.14. The van der Waals surface area contributed by atoms with Crippen LogP contribution in [0.15, 0.2) is 0 Å². The third-order valence-electron chi connectivity index (χ3n) is 2.65. The first kappa shape index (κ1) is 10.4. The highest BCUT2D eigenvalue weighted by molar-refractivity contribution is 7.96. The molecule has 1 rings (SSSR count). The minimum absolute atomic E-state index is 0.852.